The maximum Gasteiger partial charge on any atom is 0.260 e. The largest absolute Gasteiger partial charge is 0.492 e. The van der Waals surface area contributed by atoms with E-state index in [9.17, 15) is 13.2 Å². The lowest BCUT2D eigenvalue weighted by Crippen LogP contribution is -2.38. The van der Waals surface area contributed by atoms with Gasteiger partial charge in [-0.3, -0.25) is 4.79 Å². The highest BCUT2D eigenvalue weighted by Gasteiger charge is 2.25. The quantitative estimate of drug-likeness (QED) is 0.598. The number of amides is 1. The molecule has 7 nitrogen and oxygen atoms in total. The summed E-state index contributed by atoms with van der Waals surface area (Å²) in [5, 5.41) is 2.78. The van der Waals surface area contributed by atoms with Crippen LogP contribution < -0.4 is 14.8 Å². The second-order valence-corrected chi connectivity index (χ2v) is 9.54. The van der Waals surface area contributed by atoms with Gasteiger partial charge in [-0.1, -0.05) is 24.6 Å². The van der Waals surface area contributed by atoms with Crippen molar-refractivity contribution in [1.82, 2.24) is 9.62 Å². The minimum Gasteiger partial charge on any atom is -0.492 e. The van der Waals surface area contributed by atoms with E-state index in [0.717, 1.165) is 24.8 Å². The smallest absolute Gasteiger partial charge is 0.260 e. The van der Waals surface area contributed by atoms with Crippen molar-refractivity contribution in [2.24, 2.45) is 0 Å². The van der Waals surface area contributed by atoms with Crippen LogP contribution in [0, 0.1) is 6.92 Å². The molecule has 0 spiro atoms. The van der Waals surface area contributed by atoms with Crippen LogP contribution in [0.5, 0.6) is 11.5 Å². The van der Waals surface area contributed by atoms with Crippen molar-refractivity contribution in [2.45, 2.75) is 44.1 Å². The minimum atomic E-state index is -3.45. The molecular formula is C23H30N2O5S. The standard InChI is InChI=1S/C23H30N2O5S/c1-18-8-4-5-9-22(18)30-19(2)23(26)24-14-17-29-20-10-12-21(13-11-20)31(27,28)25-15-6-3-7-16-25/h4-5,8-13,19H,3,6-7,14-17H2,1-2H3,(H,24,26). The lowest BCUT2D eigenvalue weighted by molar-refractivity contribution is -0.127. The van der Waals surface area contributed by atoms with Crippen LogP contribution in [0.4, 0.5) is 0 Å². The Labute approximate surface area is 184 Å². The number of aryl methyl sites for hydroxylation is 1. The molecule has 0 aromatic heterocycles. The Balaban J connectivity index is 1.43. The number of para-hydroxylation sites is 1. The number of piperidine rings is 1. The second kappa shape index (κ2) is 10.6. The van der Waals surface area contributed by atoms with Gasteiger partial charge in [0.05, 0.1) is 11.4 Å². The zero-order chi connectivity index (χ0) is 22.3. The normalized spacial score (nSPS) is 15.8. The van der Waals surface area contributed by atoms with Crippen molar-refractivity contribution in [3.63, 3.8) is 0 Å². The third-order valence-electron chi connectivity index (χ3n) is 5.21. The third kappa shape index (κ3) is 6.21. The fourth-order valence-corrected chi connectivity index (χ4v) is 4.90. The van der Waals surface area contributed by atoms with Gasteiger partial charge in [0, 0.05) is 13.1 Å². The lowest BCUT2D eigenvalue weighted by atomic mass is 10.2. The zero-order valence-corrected chi connectivity index (χ0v) is 18.9. The van der Waals surface area contributed by atoms with E-state index in [4.69, 9.17) is 9.47 Å². The summed E-state index contributed by atoms with van der Waals surface area (Å²) in [6.07, 6.45) is 2.26. The number of benzene rings is 2. The highest BCUT2D eigenvalue weighted by Crippen LogP contribution is 2.22. The molecular weight excluding hydrogens is 416 g/mol. The van der Waals surface area contributed by atoms with Crippen molar-refractivity contribution in [3.8, 4) is 11.5 Å². The molecule has 2 aromatic carbocycles. The first-order chi connectivity index (χ1) is 14.9. The Morgan fingerprint density at radius 2 is 1.74 bits per heavy atom. The van der Waals surface area contributed by atoms with Gasteiger partial charge in [0.2, 0.25) is 10.0 Å². The molecule has 1 saturated heterocycles. The molecule has 1 aliphatic heterocycles. The molecule has 0 radical (unpaired) electrons. The Kier molecular flexibility index (Phi) is 7.92. The minimum absolute atomic E-state index is 0.227. The average Bonchev–Trinajstić information content (AvgIpc) is 2.79. The van der Waals surface area contributed by atoms with E-state index in [1.54, 1.807) is 35.5 Å². The van der Waals surface area contributed by atoms with Crippen LogP contribution in [0.15, 0.2) is 53.4 Å². The Hall–Kier alpha value is -2.58. The summed E-state index contributed by atoms with van der Waals surface area (Å²) in [7, 11) is -3.45. The van der Waals surface area contributed by atoms with Crippen LogP contribution in [0.25, 0.3) is 0 Å². The highest BCUT2D eigenvalue weighted by molar-refractivity contribution is 7.89. The molecule has 1 fully saturated rings. The van der Waals surface area contributed by atoms with Crippen LogP contribution >= 0.6 is 0 Å². The molecule has 1 N–H and O–H groups in total. The predicted molar refractivity (Wildman–Crippen MR) is 119 cm³/mol. The van der Waals surface area contributed by atoms with Gasteiger partial charge in [-0.15, -0.1) is 0 Å². The molecule has 0 saturated carbocycles. The lowest BCUT2D eigenvalue weighted by Gasteiger charge is -2.25. The maximum atomic E-state index is 12.7. The van der Waals surface area contributed by atoms with Gasteiger partial charge in [-0.05, 0) is 62.6 Å². The molecule has 1 amide bonds. The Morgan fingerprint density at radius 3 is 2.42 bits per heavy atom. The Bertz CT molecular complexity index is 970. The van der Waals surface area contributed by atoms with E-state index in [0.29, 0.717) is 31.1 Å². The van der Waals surface area contributed by atoms with Crippen LogP contribution in [0.2, 0.25) is 0 Å². The van der Waals surface area contributed by atoms with Crippen LogP contribution in [0.1, 0.15) is 31.7 Å². The van der Waals surface area contributed by atoms with Gasteiger partial charge in [-0.25, -0.2) is 8.42 Å². The van der Waals surface area contributed by atoms with Crippen molar-refractivity contribution >= 4 is 15.9 Å². The molecule has 168 valence electrons. The van der Waals surface area contributed by atoms with E-state index in [2.05, 4.69) is 5.32 Å². The summed E-state index contributed by atoms with van der Waals surface area (Å²) in [6, 6.07) is 14.0. The Morgan fingerprint density at radius 1 is 1.06 bits per heavy atom. The molecule has 31 heavy (non-hydrogen) atoms. The van der Waals surface area contributed by atoms with Crippen molar-refractivity contribution < 1.29 is 22.7 Å². The number of nitrogens with zero attached hydrogens (tertiary/aromatic N) is 1. The zero-order valence-electron chi connectivity index (χ0n) is 18.0. The number of ether oxygens (including phenoxy) is 2. The van der Waals surface area contributed by atoms with Crippen LogP contribution in [-0.2, 0) is 14.8 Å². The maximum absolute atomic E-state index is 12.7. The first-order valence-electron chi connectivity index (χ1n) is 10.6. The predicted octanol–water partition coefficient (Wildman–Crippen LogP) is 3.13. The summed E-state index contributed by atoms with van der Waals surface area (Å²) < 4.78 is 38.2. The summed E-state index contributed by atoms with van der Waals surface area (Å²) in [5.74, 6) is 1.01. The molecule has 0 aliphatic carbocycles. The molecule has 1 unspecified atom stereocenters. The number of carbonyl (C=O) groups excluding carboxylic acids is 1. The molecule has 1 heterocycles. The summed E-state index contributed by atoms with van der Waals surface area (Å²) >= 11 is 0. The van der Waals surface area contributed by atoms with E-state index in [1.165, 1.54) is 0 Å². The number of hydrogen-bond donors (Lipinski definition) is 1. The molecule has 3 rings (SSSR count). The van der Waals surface area contributed by atoms with Gasteiger partial charge in [0.15, 0.2) is 6.10 Å². The summed E-state index contributed by atoms with van der Waals surface area (Å²) in [4.78, 5) is 12.5. The SMILES string of the molecule is Cc1ccccc1OC(C)C(=O)NCCOc1ccc(S(=O)(=O)N2CCCCC2)cc1. The fourth-order valence-electron chi connectivity index (χ4n) is 3.38. The van der Waals surface area contributed by atoms with Gasteiger partial charge >= 0.3 is 0 Å². The molecule has 1 aliphatic rings. The molecule has 0 bridgehead atoms. The highest BCUT2D eigenvalue weighted by atomic mass is 32.2. The number of sulfonamides is 1. The number of nitrogens with one attached hydrogen (secondary N) is 1. The van der Waals surface area contributed by atoms with Crippen molar-refractivity contribution in [2.75, 3.05) is 26.2 Å². The van der Waals surface area contributed by atoms with Crippen molar-refractivity contribution in [1.29, 1.82) is 0 Å². The topological polar surface area (TPSA) is 84.9 Å². The molecule has 1 atom stereocenters. The van der Waals surface area contributed by atoms with Gasteiger partial charge in [0.25, 0.3) is 5.91 Å². The van der Waals surface area contributed by atoms with E-state index in [-0.39, 0.29) is 17.4 Å². The average molecular weight is 447 g/mol. The second-order valence-electron chi connectivity index (χ2n) is 7.60. The van der Waals surface area contributed by atoms with Gasteiger partial charge in [-0.2, -0.15) is 4.31 Å². The third-order valence-corrected chi connectivity index (χ3v) is 7.13. The first-order valence-corrected chi connectivity index (χ1v) is 12.0. The van der Waals surface area contributed by atoms with Gasteiger partial charge < -0.3 is 14.8 Å². The summed E-state index contributed by atoms with van der Waals surface area (Å²) in [6.45, 7) is 5.36. The molecule has 8 heteroatoms. The van der Waals surface area contributed by atoms with Crippen molar-refractivity contribution in [3.05, 3.63) is 54.1 Å². The van der Waals surface area contributed by atoms with E-state index in [1.807, 2.05) is 31.2 Å². The first kappa shape index (κ1) is 23.1. The molecule has 2 aromatic rings. The summed E-state index contributed by atoms with van der Waals surface area (Å²) in [5.41, 5.74) is 0.969. The van der Waals surface area contributed by atoms with E-state index < -0.39 is 16.1 Å². The monoisotopic (exact) mass is 446 g/mol. The number of rotatable bonds is 9. The van der Waals surface area contributed by atoms with Crippen LogP contribution in [0.3, 0.4) is 0 Å². The fraction of sp³-hybridized carbons (Fsp3) is 0.435. The van der Waals surface area contributed by atoms with Crippen LogP contribution in [-0.4, -0.2) is 51.0 Å². The number of carbonyl (C=O) groups is 1. The van der Waals surface area contributed by atoms with E-state index >= 15 is 0 Å². The van der Waals surface area contributed by atoms with Gasteiger partial charge in [0.1, 0.15) is 18.1 Å². The number of hydrogen-bond acceptors (Lipinski definition) is 5.